The average Bonchev–Trinajstić information content (AvgIpc) is 2.53. The molecular formula is C10H13BrOS. The summed E-state index contributed by atoms with van der Waals surface area (Å²) >= 11 is 5.36. The molecule has 1 nitrogen and oxygen atoms in total. The summed E-state index contributed by atoms with van der Waals surface area (Å²) in [6.07, 6.45) is 3.96. The van der Waals surface area contributed by atoms with Crippen LogP contribution in [0.2, 0.25) is 0 Å². The Bertz CT molecular complexity index is 241. The van der Waals surface area contributed by atoms with E-state index in [0.29, 0.717) is 10.9 Å². The van der Waals surface area contributed by atoms with Crippen molar-refractivity contribution in [3.8, 4) is 0 Å². The molecule has 0 unspecified atom stereocenters. The Morgan fingerprint density at radius 2 is 2.38 bits per heavy atom. The van der Waals surface area contributed by atoms with Crippen LogP contribution in [0.5, 0.6) is 0 Å². The normalized spacial score (nSPS) is 27.2. The second kappa shape index (κ2) is 4.58. The number of alkyl halides is 1. The molecule has 72 valence electrons. The van der Waals surface area contributed by atoms with Crippen LogP contribution in [0.4, 0.5) is 0 Å². The first-order chi connectivity index (χ1) is 6.34. The fourth-order valence-corrected chi connectivity index (χ4v) is 2.94. The maximum atomic E-state index is 5.70. The molecule has 0 bridgehead atoms. The zero-order valence-corrected chi connectivity index (χ0v) is 9.81. The molecule has 0 atom stereocenters. The Morgan fingerprint density at radius 1 is 1.54 bits per heavy atom. The molecular weight excluding hydrogens is 248 g/mol. The zero-order valence-electron chi connectivity index (χ0n) is 7.41. The molecule has 13 heavy (non-hydrogen) atoms. The third kappa shape index (κ3) is 2.79. The van der Waals surface area contributed by atoms with Crippen molar-refractivity contribution in [2.45, 2.75) is 30.2 Å². The van der Waals surface area contributed by atoms with Gasteiger partial charge >= 0.3 is 0 Å². The highest BCUT2D eigenvalue weighted by atomic mass is 79.9. The van der Waals surface area contributed by atoms with Gasteiger partial charge in [-0.2, -0.15) is 0 Å². The van der Waals surface area contributed by atoms with Crippen molar-refractivity contribution in [3.63, 3.8) is 0 Å². The Hall–Kier alpha value is 0.140. The maximum Gasteiger partial charge on any atom is 0.0596 e. The summed E-state index contributed by atoms with van der Waals surface area (Å²) < 4.78 is 5.70. The summed E-state index contributed by atoms with van der Waals surface area (Å²) in [7, 11) is 0. The van der Waals surface area contributed by atoms with E-state index in [0.717, 1.165) is 13.0 Å². The van der Waals surface area contributed by atoms with Gasteiger partial charge in [0.05, 0.1) is 12.7 Å². The predicted octanol–water partition coefficient (Wildman–Crippen LogP) is 3.23. The van der Waals surface area contributed by atoms with Crippen molar-refractivity contribution in [1.82, 2.24) is 0 Å². The lowest BCUT2D eigenvalue weighted by Gasteiger charge is -2.30. The lowest BCUT2D eigenvalue weighted by Crippen LogP contribution is -2.32. The highest BCUT2D eigenvalue weighted by Gasteiger charge is 2.27. The van der Waals surface area contributed by atoms with Crippen LogP contribution in [0.1, 0.15) is 17.7 Å². The van der Waals surface area contributed by atoms with E-state index in [1.54, 1.807) is 0 Å². The second-order valence-corrected chi connectivity index (χ2v) is 5.72. The Balaban J connectivity index is 1.59. The lowest BCUT2D eigenvalue weighted by molar-refractivity contribution is 0.00933. The minimum absolute atomic E-state index is 0.518. The first-order valence-corrected chi connectivity index (χ1v) is 6.42. The fraction of sp³-hybridized carbons (Fsp3) is 0.600. The summed E-state index contributed by atoms with van der Waals surface area (Å²) in [5.41, 5.74) is 0. The maximum absolute atomic E-state index is 5.70. The van der Waals surface area contributed by atoms with Crippen molar-refractivity contribution >= 4 is 27.3 Å². The molecule has 1 fully saturated rings. The van der Waals surface area contributed by atoms with Gasteiger partial charge in [-0.25, -0.2) is 0 Å². The molecule has 1 aromatic rings. The molecule has 3 heteroatoms. The molecule has 0 amide bonds. The van der Waals surface area contributed by atoms with E-state index in [1.807, 2.05) is 11.3 Å². The van der Waals surface area contributed by atoms with Crippen molar-refractivity contribution in [3.05, 3.63) is 22.4 Å². The topological polar surface area (TPSA) is 9.23 Å². The third-order valence-corrected chi connectivity index (χ3v) is 4.00. The van der Waals surface area contributed by atoms with Crippen LogP contribution in [-0.2, 0) is 11.2 Å². The Labute approximate surface area is 91.2 Å². The number of ether oxygens (including phenoxy) is 1. The van der Waals surface area contributed by atoms with E-state index in [4.69, 9.17) is 4.74 Å². The lowest BCUT2D eigenvalue weighted by atomic mass is 9.96. The molecule has 2 rings (SSSR count). The molecule has 1 aromatic heterocycles. The van der Waals surface area contributed by atoms with Gasteiger partial charge in [-0.1, -0.05) is 22.0 Å². The van der Waals surface area contributed by atoms with Gasteiger partial charge in [0.25, 0.3) is 0 Å². The SMILES string of the molecule is BrC1CC(OCCc2cccs2)C1. The van der Waals surface area contributed by atoms with Crippen LogP contribution in [0.15, 0.2) is 17.5 Å². The van der Waals surface area contributed by atoms with Gasteiger partial charge < -0.3 is 4.74 Å². The predicted molar refractivity (Wildman–Crippen MR) is 59.7 cm³/mol. The largest absolute Gasteiger partial charge is 0.378 e. The molecule has 1 aliphatic rings. The molecule has 0 radical (unpaired) electrons. The highest BCUT2D eigenvalue weighted by molar-refractivity contribution is 9.09. The van der Waals surface area contributed by atoms with Crippen molar-refractivity contribution in [2.75, 3.05) is 6.61 Å². The van der Waals surface area contributed by atoms with Gasteiger partial charge in [-0.15, -0.1) is 11.3 Å². The number of hydrogen-bond donors (Lipinski definition) is 0. The summed E-state index contributed by atoms with van der Waals surface area (Å²) in [5, 5.41) is 2.12. The van der Waals surface area contributed by atoms with Crippen LogP contribution in [0, 0.1) is 0 Å². The highest BCUT2D eigenvalue weighted by Crippen LogP contribution is 2.29. The van der Waals surface area contributed by atoms with E-state index in [9.17, 15) is 0 Å². The van der Waals surface area contributed by atoms with E-state index in [-0.39, 0.29) is 0 Å². The number of hydrogen-bond acceptors (Lipinski definition) is 2. The summed E-state index contributed by atoms with van der Waals surface area (Å²) in [5.74, 6) is 0. The minimum Gasteiger partial charge on any atom is -0.378 e. The van der Waals surface area contributed by atoms with E-state index in [1.165, 1.54) is 17.7 Å². The van der Waals surface area contributed by atoms with Crippen LogP contribution < -0.4 is 0 Å². The van der Waals surface area contributed by atoms with Crippen LogP contribution in [0.25, 0.3) is 0 Å². The molecule has 0 aliphatic heterocycles. The fourth-order valence-electron chi connectivity index (χ4n) is 1.42. The number of halogens is 1. The number of thiophene rings is 1. The van der Waals surface area contributed by atoms with Gasteiger partial charge in [0.2, 0.25) is 0 Å². The zero-order chi connectivity index (χ0) is 9.10. The molecule has 0 saturated heterocycles. The van der Waals surface area contributed by atoms with Gasteiger partial charge in [-0.05, 0) is 24.3 Å². The first-order valence-electron chi connectivity index (χ1n) is 4.62. The minimum atomic E-state index is 0.518. The van der Waals surface area contributed by atoms with Gasteiger partial charge in [0.15, 0.2) is 0 Å². The summed E-state index contributed by atoms with van der Waals surface area (Å²) in [4.78, 5) is 2.13. The second-order valence-electron chi connectivity index (χ2n) is 3.39. The van der Waals surface area contributed by atoms with Gasteiger partial charge in [0.1, 0.15) is 0 Å². The number of rotatable bonds is 4. The van der Waals surface area contributed by atoms with E-state index < -0.39 is 0 Å². The smallest absolute Gasteiger partial charge is 0.0596 e. The van der Waals surface area contributed by atoms with Gasteiger partial charge in [-0.3, -0.25) is 0 Å². The van der Waals surface area contributed by atoms with Crippen molar-refractivity contribution in [1.29, 1.82) is 0 Å². The van der Waals surface area contributed by atoms with E-state index >= 15 is 0 Å². The molecule has 0 aromatic carbocycles. The molecule has 1 saturated carbocycles. The molecule has 1 aliphatic carbocycles. The van der Waals surface area contributed by atoms with Crippen molar-refractivity contribution < 1.29 is 4.74 Å². The molecule has 0 N–H and O–H groups in total. The summed E-state index contributed by atoms with van der Waals surface area (Å²) in [6.45, 7) is 0.880. The standard InChI is InChI=1S/C10H13BrOS/c11-8-6-9(7-8)12-4-3-10-2-1-5-13-10/h1-2,5,8-9H,3-4,6-7H2. The Morgan fingerprint density at radius 3 is 3.00 bits per heavy atom. The first kappa shape index (κ1) is 9.69. The van der Waals surface area contributed by atoms with E-state index in [2.05, 4.69) is 33.4 Å². The molecule has 0 spiro atoms. The van der Waals surface area contributed by atoms with Crippen LogP contribution >= 0.6 is 27.3 Å². The molecule has 1 heterocycles. The quantitative estimate of drug-likeness (QED) is 0.756. The van der Waals surface area contributed by atoms with Crippen LogP contribution in [-0.4, -0.2) is 17.5 Å². The monoisotopic (exact) mass is 260 g/mol. The average molecular weight is 261 g/mol. The van der Waals surface area contributed by atoms with Crippen molar-refractivity contribution in [2.24, 2.45) is 0 Å². The summed E-state index contributed by atoms with van der Waals surface area (Å²) in [6, 6.07) is 4.26. The third-order valence-electron chi connectivity index (χ3n) is 2.32. The van der Waals surface area contributed by atoms with Gasteiger partial charge in [0, 0.05) is 16.1 Å². The van der Waals surface area contributed by atoms with Crippen LogP contribution in [0.3, 0.4) is 0 Å². The Kier molecular flexibility index (Phi) is 3.41.